The number of amides is 1. The van der Waals surface area contributed by atoms with Gasteiger partial charge in [0.2, 0.25) is 11.9 Å². The van der Waals surface area contributed by atoms with Gasteiger partial charge in [-0.15, -0.1) is 0 Å². The molecule has 2 aromatic rings. The first-order valence-electron chi connectivity index (χ1n) is 5.89. The number of carbonyl (C=O) groups excluding carboxylic acids is 1. The zero-order chi connectivity index (χ0) is 13.1. The van der Waals surface area contributed by atoms with Crippen LogP contribution >= 0.6 is 0 Å². The van der Waals surface area contributed by atoms with Crippen LogP contribution < -0.4 is 5.32 Å². The molecule has 18 heavy (non-hydrogen) atoms. The summed E-state index contributed by atoms with van der Waals surface area (Å²) in [4.78, 5) is 15.9. The standard InChI is InChI=1S/C14H17N3O/c1-10-4-5-12(8-11(10)2)9-13(18)16-14-15-6-7-17(14)3/h4-8H,9H2,1-3H3,(H,15,16,18). The molecule has 1 aromatic carbocycles. The zero-order valence-corrected chi connectivity index (χ0v) is 10.9. The summed E-state index contributed by atoms with van der Waals surface area (Å²) in [5.41, 5.74) is 3.46. The molecule has 0 spiro atoms. The molecule has 0 atom stereocenters. The van der Waals surface area contributed by atoms with Gasteiger partial charge in [0.1, 0.15) is 0 Å². The normalized spacial score (nSPS) is 10.4. The fraction of sp³-hybridized carbons (Fsp3) is 0.286. The van der Waals surface area contributed by atoms with Gasteiger partial charge < -0.3 is 4.57 Å². The van der Waals surface area contributed by atoms with Gasteiger partial charge in [-0.25, -0.2) is 4.98 Å². The van der Waals surface area contributed by atoms with E-state index >= 15 is 0 Å². The van der Waals surface area contributed by atoms with Gasteiger partial charge in [0.25, 0.3) is 0 Å². The minimum atomic E-state index is -0.0486. The second-order valence-corrected chi connectivity index (χ2v) is 4.51. The number of imidazole rings is 1. The van der Waals surface area contributed by atoms with Gasteiger partial charge in [-0.3, -0.25) is 10.1 Å². The van der Waals surface area contributed by atoms with Crippen LogP contribution in [-0.2, 0) is 18.3 Å². The number of rotatable bonds is 3. The minimum Gasteiger partial charge on any atom is -0.320 e. The Kier molecular flexibility index (Phi) is 3.46. The number of hydrogen-bond donors (Lipinski definition) is 1. The number of nitrogens with one attached hydrogen (secondary N) is 1. The number of anilines is 1. The monoisotopic (exact) mass is 243 g/mol. The molecule has 0 aliphatic carbocycles. The van der Waals surface area contributed by atoms with Gasteiger partial charge in [0.05, 0.1) is 6.42 Å². The van der Waals surface area contributed by atoms with Gasteiger partial charge in [-0.05, 0) is 30.5 Å². The molecule has 4 heteroatoms. The molecule has 1 aromatic heterocycles. The average molecular weight is 243 g/mol. The van der Waals surface area contributed by atoms with Crippen LogP contribution in [0.5, 0.6) is 0 Å². The Balaban J connectivity index is 2.03. The van der Waals surface area contributed by atoms with E-state index in [1.54, 1.807) is 17.0 Å². The summed E-state index contributed by atoms with van der Waals surface area (Å²) in [5, 5.41) is 2.79. The first kappa shape index (κ1) is 12.4. The van der Waals surface area contributed by atoms with Crippen molar-refractivity contribution in [2.45, 2.75) is 20.3 Å². The highest BCUT2D eigenvalue weighted by Crippen LogP contribution is 2.11. The lowest BCUT2D eigenvalue weighted by Crippen LogP contribution is -2.17. The first-order valence-corrected chi connectivity index (χ1v) is 5.89. The Morgan fingerprint density at radius 1 is 1.33 bits per heavy atom. The quantitative estimate of drug-likeness (QED) is 0.898. The van der Waals surface area contributed by atoms with E-state index in [1.807, 2.05) is 25.2 Å². The lowest BCUT2D eigenvalue weighted by atomic mass is 10.0. The van der Waals surface area contributed by atoms with Gasteiger partial charge >= 0.3 is 0 Å². The predicted molar refractivity (Wildman–Crippen MR) is 71.5 cm³/mol. The maximum Gasteiger partial charge on any atom is 0.231 e. The van der Waals surface area contributed by atoms with Crippen molar-refractivity contribution in [2.75, 3.05) is 5.32 Å². The molecular weight excluding hydrogens is 226 g/mol. The number of benzene rings is 1. The smallest absolute Gasteiger partial charge is 0.231 e. The fourth-order valence-electron chi connectivity index (χ4n) is 1.75. The fourth-order valence-corrected chi connectivity index (χ4v) is 1.75. The predicted octanol–water partition coefficient (Wildman–Crippen LogP) is 2.22. The molecular formula is C14H17N3O. The van der Waals surface area contributed by atoms with Crippen LogP contribution in [0.25, 0.3) is 0 Å². The molecule has 0 fully saturated rings. The topological polar surface area (TPSA) is 46.9 Å². The van der Waals surface area contributed by atoms with Gasteiger partial charge in [-0.2, -0.15) is 0 Å². The second-order valence-electron chi connectivity index (χ2n) is 4.51. The summed E-state index contributed by atoms with van der Waals surface area (Å²) in [5.74, 6) is 0.524. The number of hydrogen-bond acceptors (Lipinski definition) is 2. The van der Waals surface area contributed by atoms with Crippen LogP contribution in [0.2, 0.25) is 0 Å². The molecule has 4 nitrogen and oxygen atoms in total. The van der Waals surface area contributed by atoms with Crippen molar-refractivity contribution >= 4 is 11.9 Å². The summed E-state index contributed by atoms with van der Waals surface area (Å²) < 4.78 is 1.78. The van der Waals surface area contributed by atoms with E-state index in [4.69, 9.17) is 0 Å². The zero-order valence-electron chi connectivity index (χ0n) is 10.9. The van der Waals surface area contributed by atoms with Crippen LogP contribution in [0.4, 0.5) is 5.95 Å². The molecule has 0 bridgehead atoms. The van der Waals surface area contributed by atoms with Crippen LogP contribution in [0, 0.1) is 13.8 Å². The van der Waals surface area contributed by atoms with Crippen molar-refractivity contribution in [2.24, 2.45) is 7.05 Å². The van der Waals surface area contributed by atoms with Crippen molar-refractivity contribution < 1.29 is 4.79 Å². The van der Waals surface area contributed by atoms with Crippen molar-refractivity contribution in [3.8, 4) is 0 Å². The van der Waals surface area contributed by atoms with Gasteiger partial charge in [0.15, 0.2) is 0 Å². The molecule has 1 N–H and O–H groups in total. The average Bonchev–Trinajstić information content (AvgIpc) is 2.70. The molecule has 0 unspecified atom stereocenters. The van der Waals surface area contributed by atoms with Crippen molar-refractivity contribution in [1.82, 2.24) is 9.55 Å². The molecule has 0 saturated carbocycles. The number of aryl methyl sites for hydroxylation is 3. The minimum absolute atomic E-state index is 0.0486. The molecule has 0 aliphatic rings. The molecule has 1 amide bonds. The van der Waals surface area contributed by atoms with Crippen molar-refractivity contribution in [3.05, 3.63) is 47.3 Å². The maximum absolute atomic E-state index is 11.9. The van der Waals surface area contributed by atoms with Crippen molar-refractivity contribution in [3.63, 3.8) is 0 Å². The lowest BCUT2D eigenvalue weighted by molar-refractivity contribution is -0.115. The van der Waals surface area contributed by atoms with Crippen LogP contribution in [0.1, 0.15) is 16.7 Å². The maximum atomic E-state index is 11.9. The third kappa shape index (κ3) is 2.77. The van der Waals surface area contributed by atoms with Gasteiger partial charge in [0, 0.05) is 19.4 Å². The Bertz CT molecular complexity index is 572. The lowest BCUT2D eigenvalue weighted by Gasteiger charge is -2.06. The summed E-state index contributed by atoms with van der Waals surface area (Å²) in [6.07, 6.45) is 3.82. The van der Waals surface area contributed by atoms with Crippen molar-refractivity contribution in [1.29, 1.82) is 0 Å². The van der Waals surface area contributed by atoms with E-state index in [-0.39, 0.29) is 5.91 Å². The summed E-state index contributed by atoms with van der Waals surface area (Å²) in [7, 11) is 1.85. The van der Waals surface area contributed by atoms with Crippen LogP contribution in [0.15, 0.2) is 30.6 Å². The highest BCUT2D eigenvalue weighted by atomic mass is 16.1. The molecule has 1 heterocycles. The van der Waals surface area contributed by atoms with E-state index in [2.05, 4.69) is 24.1 Å². The number of carbonyl (C=O) groups is 1. The third-order valence-corrected chi connectivity index (χ3v) is 3.01. The summed E-state index contributed by atoms with van der Waals surface area (Å²) >= 11 is 0. The Hall–Kier alpha value is -2.10. The van der Waals surface area contributed by atoms with E-state index in [1.165, 1.54) is 11.1 Å². The second kappa shape index (κ2) is 5.04. The van der Waals surface area contributed by atoms with E-state index < -0.39 is 0 Å². The first-order chi connectivity index (χ1) is 8.56. The summed E-state index contributed by atoms with van der Waals surface area (Å²) in [6.45, 7) is 4.11. The number of nitrogens with zero attached hydrogens (tertiary/aromatic N) is 2. The van der Waals surface area contributed by atoms with E-state index in [9.17, 15) is 4.79 Å². The molecule has 0 aliphatic heterocycles. The van der Waals surface area contributed by atoms with E-state index in [0.29, 0.717) is 12.4 Å². The third-order valence-electron chi connectivity index (χ3n) is 3.01. The van der Waals surface area contributed by atoms with Crippen LogP contribution in [-0.4, -0.2) is 15.5 Å². The van der Waals surface area contributed by atoms with Gasteiger partial charge in [-0.1, -0.05) is 18.2 Å². The molecule has 94 valence electrons. The number of aromatic nitrogens is 2. The molecule has 0 radical (unpaired) electrons. The Morgan fingerprint density at radius 3 is 2.72 bits per heavy atom. The molecule has 2 rings (SSSR count). The summed E-state index contributed by atoms with van der Waals surface area (Å²) in [6, 6.07) is 6.08. The van der Waals surface area contributed by atoms with Crippen LogP contribution in [0.3, 0.4) is 0 Å². The largest absolute Gasteiger partial charge is 0.320 e. The van der Waals surface area contributed by atoms with E-state index in [0.717, 1.165) is 5.56 Å². The Morgan fingerprint density at radius 2 is 2.11 bits per heavy atom. The highest BCUT2D eigenvalue weighted by Gasteiger charge is 2.07. The highest BCUT2D eigenvalue weighted by molar-refractivity contribution is 5.90. The molecule has 0 saturated heterocycles. The SMILES string of the molecule is Cc1ccc(CC(=O)Nc2nccn2C)cc1C. The Labute approximate surface area is 107 Å².